The van der Waals surface area contributed by atoms with Crippen molar-refractivity contribution in [3.05, 3.63) is 39.5 Å². The Morgan fingerprint density at radius 3 is 2.69 bits per heavy atom. The van der Waals surface area contributed by atoms with E-state index in [4.69, 9.17) is 23.2 Å². The molecule has 1 aromatic heterocycles. The second-order valence-electron chi connectivity index (χ2n) is 6.68. The highest BCUT2D eigenvalue weighted by molar-refractivity contribution is 6.42. The Morgan fingerprint density at radius 2 is 2.04 bits per heavy atom. The summed E-state index contributed by atoms with van der Waals surface area (Å²) < 4.78 is 1.80. The molecule has 2 aliphatic rings. The number of nitrogens with one attached hydrogen (secondary N) is 1. The molecule has 1 fully saturated rings. The normalized spacial score (nSPS) is 16.8. The second kappa shape index (κ2) is 6.93. The van der Waals surface area contributed by atoms with Crippen LogP contribution in [-0.2, 0) is 13.1 Å². The third-order valence-corrected chi connectivity index (χ3v) is 5.79. The Morgan fingerprint density at radius 1 is 1.23 bits per heavy atom. The van der Waals surface area contributed by atoms with Gasteiger partial charge in [0.05, 0.1) is 34.4 Å². The summed E-state index contributed by atoms with van der Waals surface area (Å²) in [6.07, 6.45) is 4.04. The minimum absolute atomic E-state index is 0.0740. The largest absolute Gasteiger partial charge is 0.335 e. The molecule has 0 bridgehead atoms. The van der Waals surface area contributed by atoms with Crippen molar-refractivity contribution in [2.24, 2.45) is 0 Å². The van der Waals surface area contributed by atoms with Crippen LogP contribution in [0.15, 0.2) is 18.2 Å². The van der Waals surface area contributed by atoms with Crippen LogP contribution in [0.1, 0.15) is 35.3 Å². The summed E-state index contributed by atoms with van der Waals surface area (Å²) in [6.45, 7) is 1.48. The molecule has 8 heteroatoms. The van der Waals surface area contributed by atoms with Crippen LogP contribution in [0.3, 0.4) is 0 Å². The molecule has 136 valence electrons. The van der Waals surface area contributed by atoms with Gasteiger partial charge in [0.15, 0.2) is 6.29 Å². The number of aromatic nitrogens is 2. The third kappa shape index (κ3) is 3.08. The lowest BCUT2D eigenvalue weighted by atomic mass is 9.93. The summed E-state index contributed by atoms with van der Waals surface area (Å²) in [4.78, 5) is 25.9. The smallest absolute Gasteiger partial charge is 0.318 e. The van der Waals surface area contributed by atoms with Crippen LogP contribution in [0.4, 0.5) is 4.79 Å². The van der Waals surface area contributed by atoms with Crippen LogP contribution in [0, 0.1) is 0 Å². The van der Waals surface area contributed by atoms with Crippen molar-refractivity contribution in [2.75, 3.05) is 6.54 Å². The molecule has 1 N–H and O–H groups in total. The number of amides is 2. The van der Waals surface area contributed by atoms with E-state index in [1.54, 1.807) is 27.8 Å². The molecule has 26 heavy (non-hydrogen) atoms. The first-order valence-corrected chi connectivity index (χ1v) is 9.38. The number of rotatable bonds is 3. The molecule has 0 spiro atoms. The molecule has 1 aliphatic carbocycles. The van der Waals surface area contributed by atoms with Crippen molar-refractivity contribution in [1.29, 1.82) is 0 Å². The van der Waals surface area contributed by atoms with Crippen molar-refractivity contribution >= 4 is 35.5 Å². The van der Waals surface area contributed by atoms with Gasteiger partial charge >= 0.3 is 6.03 Å². The van der Waals surface area contributed by atoms with Gasteiger partial charge in [-0.15, -0.1) is 0 Å². The van der Waals surface area contributed by atoms with E-state index in [-0.39, 0.29) is 12.1 Å². The second-order valence-corrected chi connectivity index (χ2v) is 7.49. The Hall–Kier alpha value is -2.05. The molecule has 2 heterocycles. The SMILES string of the molecule is O=Cc1c(-c2ccc(Cl)c(Cl)c2)nn2c1CN(C(=O)NC1CCC1)CC2. The van der Waals surface area contributed by atoms with Crippen LogP contribution in [0.25, 0.3) is 11.3 Å². The third-order valence-electron chi connectivity index (χ3n) is 5.05. The summed E-state index contributed by atoms with van der Waals surface area (Å²) >= 11 is 12.1. The van der Waals surface area contributed by atoms with E-state index in [1.165, 1.54) is 6.42 Å². The molecule has 0 atom stereocenters. The van der Waals surface area contributed by atoms with Crippen molar-refractivity contribution < 1.29 is 9.59 Å². The molecule has 0 saturated heterocycles. The lowest BCUT2D eigenvalue weighted by Crippen LogP contribution is -2.49. The fraction of sp³-hybridized carbons (Fsp3) is 0.389. The molecule has 2 aromatic rings. The molecular formula is C18H18Cl2N4O2. The van der Waals surface area contributed by atoms with Gasteiger partial charge in [-0.1, -0.05) is 29.3 Å². The fourth-order valence-electron chi connectivity index (χ4n) is 3.31. The molecular weight excluding hydrogens is 375 g/mol. The minimum Gasteiger partial charge on any atom is -0.335 e. The summed E-state index contributed by atoms with van der Waals surface area (Å²) in [7, 11) is 0. The molecule has 4 rings (SSSR count). The number of carbonyl (C=O) groups is 2. The summed E-state index contributed by atoms with van der Waals surface area (Å²) in [5.74, 6) is 0. The molecule has 1 aromatic carbocycles. The molecule has 2 amide bonds. The van der Waals surface area contributed by atoms with Gasteiger partial charge in [-0.2, -0.15) is 5.10 Å². The quantitative estimate of drug-likeness (QED) is 0.808. The first kappa shape index (κ1) is 17.4. The number of hydrogen-bond acceptors (Lipinski definition) is 3. The highest BCUT2D eigenvalue weighted by Gasteiger charge is 2.29. The van der Waals surface area contributed by atoms with E-state index >= 15 is 0 Å². The number of urea groups is 1. The molecule has 1 aliphatic heterocycles. The van der Waals surface area contributed by atoms with E-state index in [1.807, 2.05) is 0 Å². The zero-order chi connectivity index (χ0) is 18.3. The summed E-state index contributed by atoms with van der Waals surface area (Å²) in [5.41, 5.74) is 2.53. The van der Waals surface area contributed by atoms with Crippen molar-refractivity contribution in [3.8, 4) is 11.3 Å². The molecule has 0 unspecified atom stereocenters. The Bertz CT molecular complexity index is 876. The van der Waals surface area contributed by atoms with Crippen molar-refractivity contribution in [3.63, 3.8) is 0 Å². The van der Waals surface area contributed by atoms with Gasteiger partial charge in [-0.25, -0.2) is 4.79 Å². The molecule has 1 saturated carbocycles. The highest BCUT2D eigenvalue weighted by atomic mass is 35.5. The van der Waals surface area contributed by atoms with Gasteiger partial charge in [0.2, 0.25) is 0 Å². The minimum atomic E-state index is -0.0740. The maximum absolute atomic E-state index is 12.4. The topological polar surface area (TPSA) is 67.2 Å². The van der Waals surface area contributed by atoms with Gasteiger partial charge in [0.1, 0.15) is 5.69 Å². The number of benzene rings is 1. The Balaban J connectivity index is 1.62. The van der Waals surface area contributed by atoms with Crippen LogP contribution in [-0.4, -0.2) is 39.6 Å². The first-order chi connectivity index (χ1) is 12.6. The first-order valence-electron chi connectivity index (χ1n) is 8.62. The van der Waals surface area contributed by atoms with E-state index in [2.05, 4.69) is 10.4 Å². The predicted molar refractivity (Wildman–Crippen MR) is 99.7 cm³/mol. The number of fused-ring (bicyclic) bond motifs is 1. The zero-order valence-electron chi connectivity index (χ0n) is 14.0. The van der Waals surface area contributed by atoms with Crippen LogP contribution in [0.5, 0.6) is 0 Å². The Labute approximate surface area is 161 Å². The predicted octanol–water partition coefficient (Wildman–Crippen LogP) is 3.75. The number of aldehydes is 1. The van der Waals surface area contributed by atoms with E-state index in [0.29, 0.717) is 40.9 Å². The van der Waals surface area contributed by atoms with Gasteiger partial charge in [-0.3, -0.25) is 9.48 Å². The standard InChI is InChI=1S/C18H18Cl2N4O2/c19-14-5-4-11(8-15(14)20)17-13(10-25)16-9-23(6-7-24(16)22-17)18(26)21-12-2-1-3-12/h4-5,8,10,12H,1-3,6-7,9H2,(H,21,26). The van der Waals surface area contributed by atoms with E-state index < -0.39 is 0 Å². The Kier molecular flexibility index (Phi) is 4.63. The average molecular weight is 393 g/mol. The van der Waals surface area contributed by atoms with Gasteiger partial charge in [-0.05, 0) is 31.4 Å². The average Bonchev–Trinajstić information content (AvgIpc) is 2.98. The maximum Gasteiger partial charge on any atom is 0.318 e. The highest BCUT2D eigenvalue weighted by Crippen LogP contribution is 2.31. The summed E-state index contributed by atoms with van der Waals surface area (Å²) in [5, 5.41) is 8.47. The van der Waals surface area contributed by atoms with Crippen LogP contribution in [0.2, 0.25) is 10.0 Å². The lowest BCUT2D eigenvalue weighted by molar-refractivity contribution is 0.112. The number of nitrogens with zero attached hydrogens (tertiary/aromatic N) is 3. The number of carbonyl (C=O) groups excluding carboxylic acids is 2. The number of halogens is 2. The summed E-state index contributed by atoms with van der Waals surface area (Å²) in [6, 6.07) is 5.38. The van der Waals surface area contributed by atoms with Crippen LogP contribution < -0.4 is 5.32 Å². The monoisotopic (exact) mass is 392 g/mol. The maximum atomic E-state index is 12.4. The molecule has 0 radical (unpaired) electrons. The number of hydrogen-bond donors (Lipinski definition) is 1. The van der Waals surface area contributed by atoms with Crippen molar-refractivity contribution in [1.82, 2.24) is 20.0 Å². The van der Waals surface area contributed by atoms with E-state index in [0.717, 1.165) is 30.4 Å². The van der Waals surface area contributed by atoms with Crippen molar-refractivity contribution in [2.45, 2.75) is 38.4 Å². The van der Waals surface area contributed by atoms with Crippen LogP contribution >= 0.6 is 23.2 Å². The zero-order valence-corrected chi connectivity index (χ0v) is 15.6. The van der Waals surface area contributed by atoms with Gasteiger partial charge < -0.3 is 10.2 Å². The van der Waals surface area contributed by atoms with Gasteiger partial charge in [0.25, 0.3) is 0 Å². The molecule has 6 nitrogen and oxygen atoms in total. The van der Waals surface area contributed by atoms with E-state index in [9.17, 15) is 9.59 Å². The fourth-order valence-corrected chi connectivity index (χ4v) is 3.61. The van der Waals surface area contributed by atoms with Gasteiger partial charge in [0, 0.05) is 18.2 Å². The lowest BCUT2D eigenvalue weighted by Gasteiger charge is -2.32.